The Morgan fingerprint density at radius 3 is 2.93 bits per heavy atom. The van der Waals surface area contributed by atoms with Gasteiger partial charge in [0, 0.05) is 12.7 Å². The molecule has 1 aliphatic heterocycles. The summed E-state index contributed by atoms with van der Waals surface area (Å²) in [5.74, 6) is 0.629. The largest absolute Gasteiger partial charge is 0.475 e. The molecular weight excluding hydrogens is 258 g/mol. The van der Waals surface area contributed by atoms with E-state index in [1.54, 1.807) is 6.20 Å². The maximum absolute atomic E-state index is 5.56. The fraction of sp³-hybridized carbons (Fsp3) is 0.600. The molecule has 1 saturated heterocycles. The number of rotatable bonds is 4. The molecule has 0 aliphatic carbocycles. The fourth-order valence-electron chi connectivity index (χ4n) is 1.69. The van der Waals surface area contributed by atoms with E-state index in [1.807, 2.05) is 0 Å². The Hall–Kier alpha value is -0.680. The second-order valence-corrected chi connectivity index (χ2v) is 4.43. The van der Waals surface area contributed by atoms with Crippen LogP contribution in [0.15, 0.2) is 17.0 Å². The van der Waals surface area contributed by atoms with Crippen LogP contribution in [0.2, 0.25) is 0 Å². The third kappa shape index (κ3) is 3.14. The van der Waals surface area contributed by atoms with Crippen molar-refractivity contribution in [1.29, 1.82) is 0 Å². The SMILES string of the molecule is Brc1cncnc1OCCN1CCCC1. The second kappa shape index (κ2) is 5.42. The third-order valence-corrected chi connectivity index (χ3v) is 3.02. The summed E-state index contributed by atoms with van der Waals surface area (Å²) in [5.41, 5.74) is 0. The van der Waals surface area contributed by atoms with Gasteiger partial charge in [0.1, 0.15) is 12.9 Å². The highest BCUT2D eigenvalue weighted by atomic mass is 79.9. The van der Waals surface area contributed by atoms with Crippen LogP contribution in [-0.2, 0) is 0 Å². The predicted molar refractivity (Wildman–Crippen MR) is 60.9 cm³/mol. The minimum Gasteiger partial charge on any atom is -0.475 e. The van der Waals surface area contributed by atoms with Crippen LogP contribution in [-0.4, -0.2) is 41.1 Å². The molecule has 0 saturated carbocycles. The molecule has 1 aromatic rings. The van der Waals surface area contributed by atoms with Gasteiger partial charge in [-0.25, -0.2) is 9.97 Å². The van der Waals surface area contributed by atoms with E-state index in [1.165, 1.54) is 32.3 Å². The number of aromatic nitrogens is 2. The molecule has 1 fully saturated rings. The molecule has 0 atom stereocenters. The second-order valence-electron chi connectivity index (χ2n) is 3.57. The molecule has 2 heterocycles. The van der Waals surface area contributed by atoms with Gasteiger partial charge in [-0.15, -0.1) is 0 Å². The Balaban J connectivity index is 1.75. The van der Waals surface area contributed by atoms with Crippen molar-refractivity contribution in [2.75, 3.05) is 26.2 Å². The Kier molecular flexibility index (Phi) is 3.91. The van der Waals surface area contributed by atoms with Crippen molar-refractivity contribution in [3.05, 3.63) is 17.0 Å². The lowest BCUT2D eigenvalue weighted by Gasteiger charge is -2.14. The Bertz CT molecular complexity index is 315. The maximum Gasteiger partial charge on any atom is 0.231 e. The van der Waals surface area contributed by atoms with Crippen molar-refractivity contribution >= 4 is 15.9 Å². The molecule has 0 spiro atoms. The molecular formula is C10H14BrN3O. The molecule has 4 nitrogen and oxygen atoms in total. The van der Waals surface area contributed by atoms with E-state index in [0.29, 0.717) is 12.5 Å². The van der Waals surface area contributed by atoms with Crippen LogP contribution in [0, 0.1) is 0 Å². The summed E-state index contributed by atoms with van der Waals surface area (Å²) in [5, 5.41) is 0. The Labute approximate surface area is 97.8 Å². The quantitative estimate of drug-likeness (QED) is 0.836. The van der Waals surface area contributed by atoms with Gasteiger partial charge < -0.3 is 4.74 Å². The monoisotopic (exact) mass is 271 g/mol. The molecule has 0 amide bonds. The summed E-state index contributed by atoms with van der Waals surface area (Å²) in [4.78, 5) is 10.3. The molecule has 5 heteroatoms. The molecule has 0 bridgehead atoms. The van der Waals surface area contributed by atoms with Crippen LogP contribution in [0.3, 0.4) is 0 Å². The van der Waals surface area contributed by atoms with E-state index in [-0.39, 0.29) is 0 Å². The first-order chi connectivity index (χ1) is 7.36. The first-order valence-corrected chi connectivity index (χ1v) is 5.96. The van der Waals surface area contributed by atoms with Crippen molar-refractivity contribution in [2.45, 2.75) is 12.8 Å². The molecule has 15 heavy (non-hydrogen) atoms. The summed E-state index contributed by atoms with van der Waals surface area (Å²) < 4.78 is 6.37. The van der Waals surface area contributed by atoms with Gasteiger partial charge in [0.05, 0.1) is 4.47 Å². The lowest BCUT2D eigenvalue weighted by Crippen LogP contribution is -2.25. The van der Waals surface area contributed by atoms with Crippen molar-refractivity contribution in [2.24, 2.45) is 0 Å². The van der Waals surface area contributed by atoms with Gasteiger partial charge in [-0.1, -0.05) is 0 Å². The van der Waals surface area contributed by atoms with E-state index >= 15 is 0 Å². The van der Waals surface area contributed by atoms with Gasteiger partial charge in [0.2, 0.25) is 5.88 Å². The van der Waals surface area contributed by atoms with Crippen LogP contribution in [0.4, 0.5) is 0 Å². The maximum atomic E-state index is 5.56. The van der Waals surface area contributed by atoms with Crippen molar-refractivity contribution in [1.82, 2.24) is 14.9 Å². The highest BCUT2D eigenvalue weighted by Crippen LogP contribution is 2.19. The Morgan fingerprint density at radius 1 is 1.40 bits per heavy atom. The van der Waals surface area contributed by atoms with Gasteiger partial charge in [-0.3, -0.25) is 4.90 Å². The normalized spacial score (nSPS) is 16.9. The van der Waals surface area contributed by atoms with Crippen molar-refractivity contribution in [3.8, 4) is 5.88 Å². The molecule has 0 radical (unpaired) electrons. The lowest BCUT2D eigenvalue weighted by molar-refractivity contribution is 0.230. The average molecular weight is 272 g/mol. The van der Waals surface area contributed by atoms with Crippen molar-refractivity contribution in [3.63, 3.8) is 0 Å². The third-order valence-electron chi connectivity index (χ3n) is 2.48. The first kappa shape index (κ1) is 10.8. The van der Waals surface area contributed by atoms with Gasteiger partial charge in [0.25, 0.3) is 0 Å². The molecule has 0 N–H and O–H groups in total. The molecule has 1 aliphatic rings. The number of hydrogen-bond donors (Lipinski definition) is 0. The summed E-state index contributed by atoms with van der Waals surface area (Å²) in [6.45, 7) is 4.08. The zero-order valence-corrected chi connectivity index (χ0v) is 10.1. The van der Waals surface area contributed by atoms with Crippen LogP contribution in [0.5, 0.6) is 5.88 Å². The summed E-state index contributed by atoms with van der Waals surface area (Å²) in [6, 6.07) is 0. The number of ether oxygens (including phenoxy) is 1. The minimum atomic E-state index is 0.629. The first-order valence-electron chi connectivity index (χ1n) is 5.17. The summed E-state index contributed by atoms with van der Waals surface area (Å²) in [6.07, 6.45) is 5.82. The summed E-state index contributed by atoms with van der Waals surface area (Å²) >= 11 is 3.35. The van der Waals surface area contributed by atoms with Gasteiger partial charge in [0.15, 0.2) is 0 Å². The smallest absolute Gasteiger partial charge is 0.231 e. The van der Waals surface area contributed by atoms with E-state index in [2.05, 4.69) is 30.8 Å². The van der Waals surface area contributed by atoms with E-state index < -0.39 is 0 Å². The van der Waals surface area contributed by atoms with Crippen LogP contribution >= 0.6 is 15.9 Å². The number of likely N-dealkylation sites (tertiary alicyclic amines) is 1. The number of nitrogens with zero attached hydrogens (tertiary/aromatic N) is 3. The lowest BCUT2D eigenvalue weighted by atomic mass is 10.4. The molecule has 0 unspecified atom stereocenters. The molecule has 2 rings (SSSR count). The highest BCUT2D eigenvalue weighted by Gasteiger charge is 2.11. The topological polar surface area (TPSA) is 38.3 Å². The van der Waals surface area contributed by atoms with Gasteiger partial charge >= 0.3 is 0 Å². The van der Waals surface area contributed by atoms with E-state index in [0.717, 1.165) is 11.0 Å². The van der Waals surface area contributed by atoms with E-state index in [9.17, 15) is 0 Å². The van der Waals surface area contributed by atoms with Crippen molar-refractivity contribution < 1.29 is 4.74 Å². The fourth-order valence-corrected chi connectivity index (χ4v) is 2.02. The predicted octanol–water partition coefficient (Wildman–Crippen LogP) is 1.71. The van der Waals surface area contributed by atoms with Gasteiger partial charge in [-0.05, 0) is 41.9 Å². The number of halogens is 1. The van der Waals surface area contributed by atoms with E-state index in [4.69, 9.17) is 4.74 Å². The Morgan fingerprint density at radius 2 is 2.20 bits per heavy atom. The number of hydrogen-bond acceptors (Lipinski definition) is 4. The van der Waals surface area contributed by atoms with Crippen LogP contribution in [0.25, 0.3) is 0 Å². The van der Waals surface area contributed by atoms with Gasteiger partial charge in [-0.2, -0.15) is 0 Å². The van der Waals surface area contributed by atoms with Crippen LogP contribution < -0.4 is 4.74 Å². The highest BCUT2D eigenvalue weighted by molar-refractivity contribution is 9.10. The molecule has 82 valence electrons. The minimum absolute atomic E-state index is 0.629. The zero-order chi connectivity index (χ0) is 10.5. The standard InChI is InChI=1S/C10H14BrN3O/c11-9-7-12-8-13-10(9)15-6-5-14-3-1-2-4-14/h7-8H,1-6H2. The average Bonchev–Trinajstić information content (AvgIpc) is 2.74. The summed E-state index contributed by atoms with van der Waals surface area (Å²) in [7, 11) is 0. The zero-order valence-electron chi connectivity index (χ0n) is 8.53. The molecule has 1 aromatic heterocycles. The molecule has 0 aromatic carbocycles. The van der Waals surface area contributed by atoms with Crippen LogP contribution in [0.1, 0.15) is 12.8 Å².